The number of carbonyl (C=O) groups excluding carboxylic acids is 1. The fourth-order valence-corrected chi connectivity index (χ4v) is 1.99. The Bertz CT molecular complexity index is 626. The summed E-state index contributed by atoms with van der Waals surface area (Å²) in [5.74, 6) is -0.446. The zero-order valence-corrected chi connectivity index (χ0v) is 12.2. The number of rotatable bonds is 5. The lowest BCUT2D eigenvalue weighted by atomic mass is 10.2. The maximum absolute atomic E-state index is 12.3. The molecule has 110 valence electrons. The lowest BCUT2D eigenvalue weighted by Gasteiger charge is -2.12. The molecule has 0 fully saturated rings. The van der Waals surface area contributed by atoms with E-state index in [0.29, 0.717) is 10.0 Å². The molecule has 1 heterocycles. The number of amides is 1. The van der Waals surface area contributed by atoms with Gasteiger partial charge in [-0.05, 0) is 18.2 Å². The highest BCUT2D eigenvalue weighted by Crippen LogP contribution is 2.24. The summed E-state index contributed by atoms with van der Waals surface area (Å²) in [5.41, 5.74) is 0.561. The Labute approximate surface area is 127 Å². The van der Waals surface area contributed by atoms with Gasteiger partial charge in [0.2, 0.25) is 0 Å². The molecule has 0 unspecified atom stereocenters. The SMILES string of the molecule is O=C(NCc1cc(Br)ccc1OC(F)F)c1cnccn1. The van der Waals surface area contributed by atoms with Gasteiger partial charge in [0.15, 0.2) is 0 Å². The zero-order chi connectivity index (χ0) is 15.2. The van der Waals surface area contributed by atoms with Crippen molar-refractivity contribution in [1.29, 1.82) is 0 Å². The molecule has 2 aromatic rings. The highest BCUT2D eigenvalue weighted by molar-refractivity contribution is 9.10. The van der Waals surface area contributed by atoms with Crippen LogP contribution >= 0.6 is 15.9 Å². The number of nitrogens with one attached hydrogen (secondary N) is 1. The molecule has 0 saturated carbocycles. The van der Waals surface area contributed by atoms with Crippen molar-refractivity contribution < 1.29 is 18.3 Å². The Balaban J connectivity index is 2.08. The maximum atomic E-state index is 12.3. The van der Waals surface area contributed by atoms with Crippen LogP contribution in [0.3, 0.4) is 0 Å². The van der Waals surface area contributed by atoms with E-state index in [9.17, 15) is 13.6 Å². The van der Waals surface area contributed by atoms with Crippen LogP contribution in [0.1, 0.15) is 16.1 Å². The molecule has 1 amide bonds. The molecular weight excluding hydrogens is 348 g/mol. The molecule has 0 aliphatic rings. The number of halogens is 3. The largest absolute Gasteiger partial charge is 0.434 e. The van der Waals surface area contributed by atoms with E-state index < -0.39 is 12.5 Å². The van der Waals surface area contributed by atoms with Gasteiger partial charge in [-0.25, -0.2) is 4.98 Å². The molecule has 8 heteroatoms. The maximum Gasteiger partial charge on any atom is 0.387 e. The van der Waals surface area contributed by atoms with Gasteiger partial charge in [0.1, 0.15) is 11.4 Å². The second-order valence-corrected chi connectivity index (χ2v) is 4.82. The lowest BCUT2D eigenvalue weighted by molar-refractivity contribution is -0.0504. The van der Waals surface area contributed by atoms with Gasteiger partial charge in [0, 0.05) is 29.0 Å². The Hall–Kier alpha value is -2.09. The smallest absolute Gasteiger partial charge is 0.387 e. The van der Waals surface area contributed by atoms with E-state index in [0.717, 1.165) is 0 Å². The van der Waals surface area contributed by atoms with E-state index in [4.69, 9.17) is 0 Å². The Kier molecular flexibility index (Phi) is 5.15. The first-order valence-electron chi connectivity index (χ1n) is 5.83. The monoisotopic (exact) mass is 357 g/mol. The Morgan fingerprint density at radius 3 is 2.86 bits per heavy atom. The molecule has 21 heavy (non-hydrogen) atoms. The fourth-order valence-electron chi connectivity index (χ4n) is 1.58. The molecule has 0 aliphatic carbocycles. The van der Waals surface area contributed by atoms with Gasteiger partial charge in [0.25, 0.3) is 5.91 Å². The molecule has 0 spiro atoms. The quantitative estimate of drug-likeness (QED) is 0.893. The van der Waals surface area contributed by atoms with Crippen LogP contribution in [0.5, 0.6) is 5.75 Å². The van der Waals surface area contributed by atoms with Crippen molar-refractivity contribution >= 4 is 21.8 Å². The number of hydrogen-bond donors (Lipinski definition) is 1. The lowest BCUT2D eigenvalue weighted by Crippen LogP contribution is -2.24. The van der Waals surface area contributed by atoms with Crippen LogP contribution in [0.25, 0.3) is 0 Å². The molecule has 0 bridgehead atoms. The second-order valence-electron chi connectivity index (χ2n) is 3.90. The second kappa shape index (κ2) is 7.07. The van der Waals surface area contributed by atoms with E-state index in [1.165, 1.54) is 24.7 Å². The van der Waals surface area contributed by atoms with Crippen molar-refractivity contribution in [3.8, 4) is 5.75 Å². The number of ether oxygens (including phenoxy) is 1. The summed E-state index contributed by atoms with van der Waals surface area (Å²) in [6.07, 6.45) is 4.14. The van der Waals surface area contributed by atoms with Gasteiger partial charge < -0.3 is 10.1 Å². The molecule has 1 N–H and O–H groups in total. The van der Waals surface area contributed by atoms with Crippen LogP contribution in [-0.2, 0) is 6.54 Å². The van der Waals surface area contributed by atoms with Crippen molar-refractivity contribution in [2.24, 2.45) is 0 Å². The molecule has 0 radical (unpaired) electrons. The average Bonchev–Trinajstić information content (AvgIpc) is 2.47. The van der Waals surface area contributed by atoms with Crippen molar-refractivity contribution in [2.45, 2.75) is 13.2 Å². The van der Waals surface area contributed by atoms with Crippen LogP contribution < -0.4 is 10.1 Å². The number of alkyl halides is 2. The summed E-state index contributed by atoms with van der Waals surface area (Å²) in [7, 11) is 0. The minimum absolute atomic E-state index is 0.00708. The zero-order valence-electron chi connectivity index (χ0n) is 10.6. The highest BCUT2D eigenvalue weighted by Gasteiger charge is 2.12. The van der Waals surface area contributed by atoms with E-state index >= 15 is 0 Å². The number of nitrogens with zero attached hydrogens (tertiary/aromatic N) is 2. The van der Waals surface area contributed by atoms with Gasteiger partial charge in [-0.1, -0.05) is 15.9 Å². The summed E-state index contributed by atoms with van der Waals surface area (Å²) in [5, 5.41) is 2.57. The number of hydrogen-bond acceptors (Lipinski definition) is 4. The van der Waals surface area contributed by atoms with E-state index in [-0.39, 0.29) is 18.0 Å². The standard InChI is InChI=1S/C13H10BrF2N3O2/c14-9-1-2-11(21-13(15)16)8(5-9)6-19-12(20)10-7-17-3-4-18-10/h1-5,7,13H,6H2,(H,19,20). The predicted octanol–water partition coefficient (Wildman–Crippen LogP) is 2.77. The molecule has 0 atom stereocenters. The van der Waals surface area contributed by atoms with Gasteiger partial charge in [0.05, 0.1) is 6.20 Å². The van der Waals surface area contributed by atoms with Crippen molar-refractivity contribution in [2.75, 3.05) is 0 Å². The van der Waals surface area contributed by atoms with Gasteiger partial charge in [-0.3, -0.25) is 9.78 Å². The molecule has 1 aromatic carbocycles. The van der Waals surface area contributed by atoms with Crippen LogP contribution in [-0.4, -0.2) is 22.5 Å². The molecule has 0 aliphatic heterocycles. The number of aromatic nitrogens is 2. The fraction of sp³-hybridized carbons (Fsp3) is 0.154. The van der Waals surface area contributed by atoms with Gasteiger partial charge >= 0.3 is 6.61 Å². The van der Waals surface area contributed by atoms with Crippen LogP contribution in [0, 0.1) is 0 Å². The first kappa shape index (κ1) is 15.3. The molecule has 1 aromatic heterocycles. The number of benzene rings is 1. The van der Waals surface area contributed by atoms with Crippen LogP contribution in [0.15, 0.2) is 41.3 Å². The first-order valence-corrected chi connectivity index (χ1v) is 6.63. The van der Waals surface area contributed by atoms with E-state index in [1.807, 2.05) is 0 Å². The first-order chi connectivity index (χ1) is 10.1. The normalized spacial score (nSPS) is 10.5. The average molecular weight is 358 g/mol. The Morgan fingerprint density at radius 1 is 1.38 bits per heavy atom. The molecule has 5 nitrogen and oxygen atoms in total. The third-order valence-electron chi connectivity index (χ3n) is 2.47. The molecule has 2 rings (SSSR count). The predicted molar refractivity (Wildman–Crippen MR) is 74.0 cm³/mol. The van der Waals surface area contributed by atoms with E-state index in [2.05, 4.69) is 36.0 Å². The summed E-state index contributed by atoms with van der Waals surface area (Å²) >= 11 is 3.24. The van der Waals surface area contributed by atoms with Crippen molar-refractivity contribution in [1.82, 2.24) is 15.3 Å². The third kappa shape index (κ3) is 4.45. The molecular formula is C13H10BrF2N3O2. The summed E-state index contributed by atoms with van der Waals surface area (Å²) < 4.78 is 29.7. The minimum atomic E-state index is -2.93. The minimum Gasteiger partial charge on any atom is -0.434 e. The van der Waals surface area contributed by atoms with Gasteiger partial charge in [-0.15, -0.1) is 0 Å². The topological polar surface area (TPSA) is 64.1 Å². The van der Waals surface area contributed by atoms with Crippen molar-refractivity contribution in [3.63, 3.8) is 0 Å². The van der Waals surface area contributed by atoms with Crippen LogP contribution in [0.4, 0.5) is 8.78 Å². The third-order valence-corrected chi connectivity index (χ3v) is 2.97. The summed E-state index contributed by atoms with van der Waals surface area (Å²) in [4.78, 5) is 19.4. The Morgan fingerprint density at radius 2 is 2.19 bits per heavy atom. The van der Waals surface area contributed by atoms with E-state index in [1.54, 1.807) is 12.1 Å². The van der Waals surface area contributed by atoms with Crippen LogP contribution in [0.2, 0.25) is 0 Å². The summed E-state index contributed by atoms with van der Waals surface area (Å²) in [6.45, 7) is -2.91. The number of carbonyl (C=O) groups is 1. The highest BCUT2D eigenvalue weighted by atomic mass is 79.9. The van der Waals surface area contributed by atoms with Gasteiger partial charge in [-0.2, -0.15) is 8.78 Å². The summed E-state index contributed by atoms with van der Waals surface area (Å²) in [6, 6.07) is 4.57. The molecule has 0 saturated heterocycles. The van der Waals surface area contributed by atoms with Crippen molar-refractivity contribution in [3.05, 3.63) is 52.5 Å².